The van der Waals surface area contributed by atoms with Crippen molar-refractivity contribution in [2.75, 3.05) is 32.8 Å². The predicted molar refractivity (Wildman–Crippen MR) is 67.7 cm³/mol. The molecule has 0 aliphatic heterocycles. The van der Waals surface area contributed by atoms with Gasteiger partial charge in [-0.15, -0.1) is 0 Å². The molecule has 0 heterocycles. The Morgan fingerprint density at radius 1 is 1.06 bits per heavy atom. The second kappa shape index (κ2) is 8.28. The van der Waals surface area contributed by atoms with Crippen LogP contribution in [0.5, 0.6) is 0 Å². The van der Waals surface area contributed by atoms with Crippen molar-refractivity contribution in [3.05, 3.63) is 35.9 Å². The molecule has 0 aliphatic carbocycles. The van der Waals surface area contributed by atoms with Gasteiger partial charge in [-0.1, -0.05) is 37.3 Å². The van der Waals surface area contributed by atoms with Crippen LogP contribution in [0.25, 0.3) is 0 Å². The molecule has 0 spiro atoms. The molecule has 0 saturated carbocycles. The van der Waals surface area contributed by atoms with E-state index in [1.165, 1.54) is 5.56 Å². The molecule has 0 unspecified atom stereocenters. The normalized spacial score (nSPS) is 12.6. The molecule has 3 N–H and O–H groups in total. The van der Waals surface area contributed by atoms with Crippen LogP contribution in [0.2, 0.25) is 0 Å². The summed E-state index contributed by atoms with van der Waals surface area (Å²) in [5.41, 5.74) is 1.37. The van der Waals surface area contributed by atoms with Crippen molar-refractivity contribution in [1.29, 1.82) is 0 Å². The van der Waals surface area contributed by atoms with Crippen LogP contribution in [0.4, 0.5) is 0 Å². The third-order valence-corrected chi connectivity index (χ3v) is 2.59. The summed E-state index contributed by atoms with van der Waals surface area (Å²) in [6.45, 7) is 5.95. The third kappa shape index (κ3) is 5.26. The Morgan fingerprint density at radius 2 is 1.75 bits per heavy atom. The average molecular weight is 222 g/mol. The number of benzene rings is 1. The van der Waals surface area contributed by atoms with Gasteiger partial charge < -0.3 is 15.7 Å². The second-order valence-electron chi connectivity index (χ2n) is 3.99. The molecule has 1 atom stereocenters. The smallest absolute Gasteiger partial charge is 0.0555 e. The number of nitrogens with one attached hydrogen (secondary N) is 2. The molecule has 0 fully saturated rings. The van der Waals surface area contributed by atoms with Crippen molar-refractivity contribution in [3.63, 3.8) is 0 Å². The van der Waals surface area contributed by atoms with Gasteiger partial charge in [-0.3, -0.25) is 0 Å². The molecule has 0 bridgehead atoms. The van der Waals surface area contributed by atoms with Gasteiger partial charge in [-0.05, 0) is 11.5 Å². The van der Waals surface area contributed by atoms with E-state index in [-0.39, 0.29) is 6.61 Å². The Balaban J connectivity index is 2.09. The summed E-state index contributed by atoms with van der Waals surface area (Å²) in [6.07, 6.45) is 0. The zero-order valence-electron chi connectivity index (χ0n) is 9.95. The van der Waals surface area contributed by atoms with Crippen molar-refractivity contribution in [2.45, 2.75) is 12.8 Å². The molecule has 16 heavy (non-hydrogen) atoms. The highest BCUT2D eigenvalue weighted by Crippen LogP contribution is 2.12. The van der Waals surface area contributed by atoms with Crippen LogP contribution in [0.1, 0.15) is 18.4 Å². The molecule has 3 heteroatoms. The van der Waals surface area contributed by atoms with E-state index in [2.05, 4.69) is 41.8 Å². The summed E-state index contributed by atoms with van der Waals surface area (Å²) in [7, 11) is 0. The van der Waals surface area contributed by atoms with E-state index in [4.69, 9.17) is 5.11 Å². The van der Waals surface area contributed by atoms with Gasteiger partial charge in [0.1, 0.15) is 0 Å². The first-order chi connectivity index (χ1) is 7.84. The molecule has 3 nitrogen and oxygen atoms in total. The summed E-state index contributed by atoms with van der Waals surface area (Å²) in [5.74, 6) is 0.541. The Morgan fingerprint density at radius 3 is 2.44 bits per heavy atom. The van der Waals surface area contributed by atoms with E-state index < -0.39 is 0 Å². The molecular weight excluding hydrogens is 200 g/mol. The molecule has 1 aromatic carbocycles. The molecule has 1 aromatic rings. The number of aliphatic hydroxyl groups is 1. The van der Waals surface area contributed by atoms with Crippen LogP contribution < -0.4 is 10.6 Å². The number of hydrogen-bond donors (Lipinski definition) is 3. The minimum Gasteiger partial charge on any atom is -0.395 e. The van der Waals surface area contributed by atoms with Crippen molar-refractivity contribution in [1.82, 2.24) is 10.6 Å². The van der Waals surface area contributed by atoms with Crippen LogP contribution in [0, 0.1) is 0 Å². The monoisotopic (exact) mass is 222 g/mol. The van der Waals surface area contributed by atoms with E-state index in [0.717, 1.165) is 19.6 Å². The van der Waals surface area contributed by atoms with Crippen LogP contribution in [0.3, 0.4) is 0 Å². The minimum atomic E-state index is 0.209. The fourth-order valence-electron chi connectivity index (χ4n) is 1.60. The zero-order chi connectivity index (χ0) is 11.6. The maximum atomic E-state index is 8.58. The Bertz CT molecular complexity index is 264. The molecule has 90 valence electrons. The summed E-state index contributed by atoms with van der Waals surface area (Å²) in [6, 6.07) is 10.5. The van der Waals surface area contributed by atoms with Gasteiger partial charge in [0.05, 0.1) is 6.61 Å². The lowest BCUT2D eigenvalue weighted by molar-refractivity contribution is 0.292. The molecule has 0 radical (unpaired) electrons. The molecule has 1 rings (SSSR count). The fourth-order valence-corrected chi connectivity index (χ4v) is 1.60. The topological polar surface area (TPSA) is 44.3 Å². The average Bonchev–Trinajstić information content (AvgIpc) is 2.34. The first kappa shape index (κ1) is 13.2. The molecule has 0 amide bonds. The van der Waals surface area contributed by atoms with E-state index in [1.54, 1.807) is 0 Å². The van der Waals surface area contributed by atoms with Crippen LogP contribution in [-0.2, 0) is 0 Å². The highest BCUT2D eigenvalue weighted by atomic mass is 16.3. The molecule has 0 saturated heterocycles. The maximum absolute atomic E-state index is 8.58. The minimum absolute atomic E-state index is 0.209. The third-order valence-electron chi connectivity index (χ3n) is 2.59. The Labute approximate surface area is 97.9 Å². The van der Waals surface area contributed by atoms with Gasteiger partial charge in [-0.25, -0.2) is 0 Å². The standard InChI is InChI=1S/C13H22N2O/c1-12(13-5-3-2-4-6-13)11-15-8-7-14-9-10-16/h2-6,12,14-16H,7-11H2,1H3/t12-/m1/s1. The van der Waals surface area contributed by atoms with E-state index in [9.17, 15) is 0 Å². The predicted octanol–water partition coefficient (Wildman–Crippen LogP) is 0.962. The second-order valence-corrected chi connectivity index (χ2v) is 3.99. The first-order valence-electron chi connectivity index (χ1n) is 5.92. The number of rotatable bonds is 8. The van der Waals surface area contributed by atoms with Crippen molar-refractivity contribution >= 4 is 0 Å². The van der Waals surface area contributed by atoms with E-state index >= 15 is 0 Å². The van der Waals surface area contributed by atoms with Crippen LogP contribution in [0.15, 0.2) is 30.3 Å². The van der Waals surface area contributed by atoms with Gasteiger partial charge in [0.25, 0.3) is 0 Å². The molecular formula is C13H22N2O. The zero-order valence-corrected chi connectivity index (χ0v) is 9.95. The van der Waals surface area contributed by atoms with E-state index in [0.29, 0.717) is 12.5 Å². The van der Waals surface area contributed by atoms with Crippen LogP contribution >= 0.6 is 0 Å². The number of aliphatic hydroxyl groups excluding tert-OH is 1. The largest absolute Gasteiger partial charge is 0.395 e. The number of hydrogen-bond acceptors (Lipinski definition) is 3. The Hall–Kier alpha value is -0.900. The summed E-state index contributed by atoms with van der Waals surface area (Å²) >= 11 is 0. The van der Waals surface area contributed by atoms with Gasteiger partial charge in [0.2, 0.25) is 0 Å². The lowest BCUT2D eigenvalue weighted by Gasteiger charge is -2.13. The molecule has 0 aliphatic rings. The van der Waals surface area contributed by atoms with Gasteiger partial charge in [0, 0.05) is 26.2 Å². The molecule has 0 aromatic heterocycles. The van der Waals surface area contributed by atoms with Crippen molar-refractivity contribution in [3.8, 4) is 0 Å². The van der Waals surface area contributed by atoms with E-state index in [1.807, 2.05) is 6.07 Å². The fraction of sp³-hybridized carbons (Fsp3) is 0.538. The first-order valence-corrected chi connectivity index (χ1v) is 5.92. The van der Waals surface area contributed by atoms with Gasteiger partial charge >= 0.3 is 0 Å². The van der Waals surface area contributed by atoms with Crippen molar-refractivity contribution in [2.24, 2.45) is 0 Å². The van der Waals surface area contributed by atoms with Gasteiger partial charge in [0.15, 0.2) is 0 Å². The lowest BCUT2D eigenvalue weighted by atomic mass is 10.0. The van der Waals surface area contributed by atoms with Crippen molar-refractivity contribution < 1.29 is 5.11 Å². The quantitative estimate of drug-likeness (QED) is 0.574. The SMILES string of the molecule is C[C@H](CNCCNCCO)c1ccccc1. The lowest BCUT2D eigenvalue weighted by Crippen LogP contribution is -2.31. The van der Waals surface area contributed by atoms with Crippen LogP contribution in [-0.4, -0.2) is 37.9 Å². The summed E-state index contributed by atoms with van der Waals surface area (Å²) < 4.78 is 0. The summed E-state index contributed by atoms with van der Waals surface area (Å²) in [5, 5.41) is 15.1. The maximum Gasteiger partial charge on any atom is 0.0555 e. The highest BCUT2D eigenvalue weighted by molar-refractivity contribution is 5.18. The Kier molecular flexibility index (Phi) is 6.81. The van der Waals surface area contributed by atoms with Gasteiger partial charge in [-0.2, -0.15) is 0 Å². The summed E-state index contributed by atoms with van der Waals surface area (Å²) in [4.78, 5) is 0. The highest BCUT2D eigenvalue weighted by Gasteiger charge is 2.02.